The Bertz CT molecular complexity index is 435. The summed E-state index contributed by atoms with van der Waals surface area (Å²) in [5.41, 5.74) is 5.09. The number of hydrogen-bond donors (Lipinski definition) is 1. The predicted octanol–water partition coefficient (Wildman–Crippen LogP) is 2.30. The van der Waals surface area contributed by atoms with Crippen molar-refractivity contribution in [3.05, 3.63) is 29.3 Å². The minimum Gasteiger partial charge on any atom is -0.490 e. The molecule has 0 saturated heterocycles. The van der Waals surface area contributed by atoms with Crippen LogP contribution < -0.4 is 10.5 Å². The van der Waals surface area contributed by atoms with Crippen molar-refractivity contribution in [2.45, 2.75) is 25.8 Å². The van der Waals surface area contributed by atoms with Gasteiger partial charge in [0, 0.05) is 7.05 Å². The zero-order chi connectivity index (χ0) is 14.5. The fraction of sp³-hybridized carbons (Fsp3) is 0.500. The number of hydrogen-bond acceptors (Lipinski definition) is 3. The molecule has 1 rings (SSSR count). The van der Waals surface area contributed by atoms with Gasteiger partial charge in [0.2, 0.25) is 5.91 Å². The number of carbonyl (C=O) groups is 1. The number of halogens is 1. The standard InChI is InChI=1S/C14H21ClN2O2/c1-4-14(2,16)13(18)17(3)9-10-19-12-8-6-5-7-11(12)15/h5-8H,4,9-10,16H2,1-3H3. The van der Waals surface area contributed by atoms with Crippen molar-refractivity contribution in [1.82, 2.24) is 4.90 Å². The second-order valence-electron chi connectivity index (χ2n) is 4.78. The molecule has 0 heterocycles. The summed E-state index contributed by atoms with van der Waals surface area (Å²) in [5, 5.41) is 0.564. The van der Waals surface area contributed by atoms with Crippen LogP contribution in [0.1, 0.15) is 20.3 Å². The van der Waals surface area contributed by atoms with Crippen molar-refractivity contribution in [2.24, 2.45) is 5.73 Å². The predicted molar refractivity (Wildman–Crippen MR) is 77.5 cm³/mol. The van der Waals surface area contributed by atoms with Crippen molar-refractivity contribution < 1.29 is 9.53 Å². The minimum atomic E-state index is -0.820. The van der Waals surface area contributed by atoms with Gasteiger partial charge in [-0.1, -0.05) is 30.7 Å². The van der Waals surface area contributed by atoms with Crippen LogP contribution >= 0.6 is 11.6 Å². The number of carbonyl (C=O) groups excluding carboxylic acids is 1. The van der Waals surface area contributed by atoms with Crippen LogP contribution in [0.15, 0.2) is 24.3 Å². The lowest BCUT2D eigenvalue weighted by atomic mass is 9.99. The van der Waals surface area contributed by atoms with Crippen LogP contribution in [0.2, 0.25) is 5.02 Å². The highest BCUT2D eigenvalue weighted by molar-refractivity contribution is 6.32. The number of rotatable bonds is 6. The van der Waals surface area contributed by atoms with Gasteiger partial charge in [-0.2, -0.15) is 0 Å². The van der Waals surface area contributed by atoms with Gasteiger partial charge >= 0.3 is 0 Å². The normalized spacial score (nSPS) is 13.7. The van der Waals surface area contributed by atoms with E-state index in [-0.39, 0.29) is 5.91 Å². The first kappa shape index (κ1) is 15.8. The van der Waals surface area contributed by atoms with E-state index in [0.29, 0.717) is 30.3 Å². The Hall–Kier alpha value is -1.26. The van der Waals surface area contributed by atoms with Gasteiger partial charge in [0.15, 0.2) is 0 Å². The molecule has 4 nitrogen and oxygen atoms in total. The Morgan fingerprint density at radius 3 is 2.68 bits per heavy atom. The fourth-order valence-corrected chi connectivity index (χ4v) is 1.73. The highest BCUT2D eigenvalue weighted by Crippen LogP contribution is 2.22. The molecule has 1 unspecified atom stereocenters. The molecule has 0 aliphatic rings. The van der Waals surface area contributed by atoms with E-state index in [0.717, 1.165) is 0 Å². The molecule has 0 aromatic heterocycles. The molecule has 1 amide bonds. The van der Waals surface area contributed by atoms with E-state index in [2.05, 4.69) is 0 Å². The number of benzene rings is 1. The summed E-state index contributed by atoms with van der Waals surface area (Å²) in [4.78, 5) is 13.6. The molecule has 2 N–H and O–H groups in total. The Balaban J connectivity index is 2.46. The number of amides is 1. The van der Waals surface area contributed by atoms with Crippen molar-refractivity contribution in [1.29, 1.82) is 0 Å². The number of nitrogens with zero attached hydrogens (tertiary/aromatic N) is 1. The lowest BCUT2D eigenvalue weighted by molar-refractivity contribution is -0.135. The van der Waals surface area contributed by atoms with Crippen LogP contribution in [0.5, 0.6) is 5.75 Å². The average Bonchev–Trinajstić information content (AvgIpc) is 2.39. The third kappa shape index (κ3) is 4.40. The van der Waals surface area contributed by atoms with Gasteiger partial charge in [-0.05, 0) is 25.5 Å². The molecule has 0 spiro atoms. The van der Waals surface area contributed by atoms with Gasteiger partial charge < -0.3 is 15.4 Å². The number of likely N-dealkylation sites (N-methyl/N-ethyl adjacent to an activating group) is 1. The van der Waals surface area contributed by atoms with Crippen LogP contribution in [0.3, 0.4) is 0 Å². The van der Waals surface area contributed by atoms with Gasteiger partial charge in [0.25, 0.3) is 0 Å². The second-order valence-corrected chi connectivity index (χ2v) is 5.18. The summed E-state index contributed by atoms with van der Waals surface area (Å²) in [6.45, 7) is 4.48. The first-order valence-electron chi connectivity index (χ1n) is 6.30. The maximum absolute atomic E-state index is 12.0. The topological polar surface area (TPSA) is 55.6 Å². The van der Waals surface area contributed by atoms with Gasteiger partial charge in [-0.25, -0.2) is 0 Å². The number of nitrogens with two attached hydrogens (primary N) is 1. The van der Waals surface area contributed by atoms with Crippen LogP contribution in [-0.4, -0.2) is 36.5 Å². The van der Waals surface area contributed by atoms with Crippen molar-refractivity contribution in [3.63, 3.8) is 0 Å². The van der Waals surface area contributed by atoms with Crippen molar-refractivity contribution >= 4 is 17.5 Å². The molecule has 0 radical (unpaired) electrons. The fourth-order valence-electron chi connectivity index (χ4n) is 1.54. The lowest BCUT2D eigenvalue weighted by Crippen LogP contribution is -2.52. The van der Waals surface area contributed by atoms with Crippen LogP contribution in [0.4, 0.5) is 0 Å². The molecular formula is C14H21ClN2O2. The van der Waals surface area contributed by atoms with E-state index in [1.54, 1.807) is 31.0 Å². The SMILES string of the molecule is CCC(C)(N)C(=O)N(C)CCOc1ccccc1Cl. The van der Waals surface area contributed by atoms with E-state index >= 15 is 0 Å². The third-order valence-corrected chi connectivity index (χ3v) is 3.40. The molecule has 0 aliphatic carbocycles. The molecule has 0 aliphatic heterocycles. The molecule has 5 heteroatoms. The monoisotopic (exact) mass is 284 g/mol. The zero-order valence-corrected chi connectivity index (χ0v) is 12.4. The largest absolute Gasteiger partial charge is 0.490 e. The second kappa shape index (κ2) is 6.78. The minimum absolute atomic E-state index is 0.0854. The molecule has 1 aromatic rings. The van der Waals surface area contributed by atoms with E-state index in [9.17, 15) is 4.79 Å². The summed E-state index contributed by atoms with van der Waals surface area (Å²) < 4.78 is 5.54. The van der Waals surface area contributed by atoms with Gasteiger partial charge in [-0.15, -0.1) is 0 Å². The van der Waals surface area contributed by atoms with E-state index < -0.39 is 5.54 Å². The van der Waals surface area contributed by atoms with E-state index in [4.69, 9.17) is 22.1 Å². The molecule has 19 heavy (non-hydrogen) atoms. The molecule has 1 atom stereocenters. The Labute approximate surface area is 119 Å². The Morgan fingerprint density at radius 1 is 1.47 bits per heavy atom. The van der Waals surface area contributed by atoms with Crippen molar-refractivity contribution in [3.8, 4) is 5.75 Å². The third-order valence-electron chi connectivity index (χ3n) is 3.09. The smallest absolute Gasteiger partial charge is 0.242 e. The summed E-state index contributed by atoms with van der Waals surface area (Å²) in [7, 11) is 1.72. The van der Waals surface area contributed by atoms with Gasteiger partial charge in [0.05, 0.1) is 17.1 Å². The first-order chi connectivity index (χ1) is 8.88. The quantitative estimate of drug-likeness (QED) is 0.872. The molecule has 106 valence electrons. The van der Waals surface area contributed by atoms with Crippen LogP contribution in [-0.2, 0) is 4.79 Å². The lowest BCUT2D eigenvalue weighted by Gasteiger charge is -2.28. The summed E-state index contributed by atoms with van der Waals surface area (Å²) in [6, 6.07) is 7.25. The average molecular weight is 285 g/mol. The highest BCUT2D eigenvalue weighted by Gasteiger charge is 2.28. The van der Waals surface area contributed by atoms with Gasteiger partial charge in [0.1, 0.15) is 12.4 Å². The summed E-state index contributed by atoms with van der Waals surface area (Å²) in [5.74, 6) is 0.536. The van der Waals surface area contributed by atoms with Gasteiger partial charge in [-0.3, -0.25) is 4.79 Å². The number of para-hydroxylation sites is 1. The molecule has 0 fully saturated rings. The molecular weight excluding hydrogens is 264 g/mol. The zero-order valence-electron chi connectivity index (χ0n) is 11.6. The van der Waals surface area contributed by atoms with E-state index in [1.807, 2.05) is 19.1 Å². The molecule has 0 saturated carbocycles. The Morgan fingerprint density at radius 2 is 2.11 bits per heavy atom. The first-order valence-corrected chi connectivity index (χ1v) is 6.68. The van der Waals surface area contributed by atoms with Crippen LogP contribution in [0.25, 0.3) is 0 Å². The highest BCUT2D eigenvalue weighted by atomic mass is 35.5. The van der Waals surface area contributed by atoms with Crippen molar-refractivity contribution in [2.75, 3.05) is 20.2 Å². The van der Waals surface area contributed by atoms with E-state index in [1.165, 1.54) is 0 Å². The maximum Gasteiger partial charge on any atom is 0.242 e. The molecule has 1 aromatic carbocycles. The maximum atomic E-state index is 12.0. The van der Waals surface area contributed by atoms with Crippen LogP contribution in [0, 0.1) is 0 Å². The summed E-state index contributed by atoms with van der Waals surface area (Å²) >= 11 is 5.97. The summed E-state index contributed by atoms with van der Waals surface area (Å²) in [6.07, 6.45) is 0.599. The number of ether oxygens (including phenoxy) is 1. The Kier molecular flexibility index (Phi) is 5.63. The molecule has 0 bridgehead atoms.